The minimum atomic E-state index is -0.656. The molecule has 0 aromatic carbocycles. The molecular weight excluding hydrogens is 236 g/mol. The molecule has 0 aliphatic heterocycles. The summed E-state index contributed by atoms with van der Waals surface area (Å²) in [5, 5.41) is 21.9. The minimum absolute atomic E-state index is 0.163. The molecule has 92 valence electrons. The number of aromatic nitrogens is 1. The summed E-state index contributed by atoms with van der Waals surface area (Å²) in [6.07, 6.45) is 4.57. The van der Waals surface area contributed by atoms with Gasteiger partial charge in [-0.1, -0.05) is 12.2 Å². The SMILES string of the molecule is CC(=O)NCC=Cc1cnc(C#N)c([N+](=O)[O-])c1. The van der Waals surface area contributed by atoms with Crippen molar-refractivity contribution >= 4 is 17.7 Å². The van der Waals surface area contributed by atoms with Gasteiger partial charge in [-0.15, -0.1) is 0 Å². The third-order valence-electron chi connectivity index (χ3n) is 1.97. The van der Waals surface area contributed by atoms with E-state index in [-0.39, 0.29) is 17.3 Å². The smallest absolute Gasteiger partial charge is 0.306 e. The van der Waals surface area contributed by atoms with Gasteiger partial charge in [-0.2, -0.15) is 5.26 Å². The average Bonchev–Trinajstić information content (AvgIpc) is 2.34. The van der Waals surface area contributed by atoms with E-state index in [4.69, 9.17) is 5.26 Å². The van der Waals surface area contributed by atoms with Crippen molar-refractivity contribution in [2.45, 2.75) is 6.92 Å². The summed E-state index contributed by atoms with van der Waals surface area (Å²) in [7, 11) is 0. The first-order valence-electron chi connectivity index (χ1n) is 5.00. The molecule has 1 rings (SSSR count). The first kappa shape index (κ1) is 13.3. The molecule has 0 unspecified atom stereocenters. The molecule has 7 heteroatoms. The highest BCUT2D eigenvalue weighted by Gasteiger charge is 2.14. The summed E-state index contributed by atoms with van der Waals surface area (Å²) in [6.45, 7) is 1.71. The molecule has 1 heterocycles. The van der Waals surface area contributed by atoms with Gasteiger partial charge < -0.3 is 5.32 Å². The van der Waals surface area contributed by atoms with E-state index >= 15 is 0 Å². The Balaban J connectivity index is 2.86. The molecule has 0 aliphatic rings. The fourth-order valence-corrected chi connectivity index (χ4v) is 1.18. The number of nitrogens with one attached hydrogen (secondary N) is 1. The summed E-state index contributed by atoms with van der Waals surface area (Å²) < 4.78 is 0. The Morgan fingerprint density at radius 2 is 2.44 bits per heavy atom. The molecule has 0 aliphatic carbocycles. The largest absolute Gasteiger partial charge is 0.353 e. The zero-order chi connectivity index (χ0) is 13.5. The van der Waals surface area contributed by atoms with Gasteiger partial charge in [-0.05, 0) is 5.56 Å². The lowest BCUT2D eigenvalue weighted by Gasteiger charge is -1.97. The Kier molecular flexibility index (Phi) is 4.51. The fraction of sp³-hybridized carbons (Fsp3) is 0.182. The lowest BCUT2D eigenvalue weighted by atomic mass is 10.2. The highest BCUT2D eigenvalue weighted by molar-refractivity contribution is 5.73. The third kappa shape index (κ3) is 3.68. The zero-order valence-corrected chi connectivity index (χ0v) is 9.58. The van der Waals surface area contributed by atoms with Crippen LogP contribution in [0.1, 0.15) is 18.2 Å². The van der Waals surface area contributed by atoms with Crippen LogP contribution in [0.2, 0.25) is 0 Å². The predicted octanol–water partition coefficient (Wildman–Crippen LogP) is 1.01. The van der Waals surface area contributed by atoms with Crippen molar-refractivity contribution in [3.8, 4) is 6.07 Å². The van der Waals surface area contributed by atoms with Gasteiger partial charge in [0.2, 0.25) is 11.6 Å². The molecule has 0 saturated carbocycles. The molecule has 1 N–H and O–H groups in total. The monoisotopic (exact) mass is 246 g/mol. The third-order valence-corrected chi connectivity index (χ3v) is 1.97. The molecule has 1 amide bonds. The Morgan fingerprint density at radius 3 is 3.00 bits per heavy atom. The molecule has 18 heavy (non-hydrogen) atoms. The van der Waals surface area contributed by atoms with Crippen LogP contribution in [0.4, 0.5) is 5.69 Å². The van der Waals surface area contributed by atoms with Crippen LogP contribution in [-0.2, 0) is 4.79 Å². The van der Waals surface area contributed by atoms with Crippen LogP contribution in [0.15, 0.2) is 18.3 Å². The number of pyridine rings is 1. The van der Waals surface area contributed by atoms with Gasteiger partial charge in [0.1, 0.15) is 6.07 Å². The van der Waals surface area contributed by atoms with Crippen molar-refractivity contribution < 1.29 is 9.72 Å². The molecule has 0 radical (unpaired) electrons. The van der Waals surface area contributed by atoms with E-state index in [0.717, 1.165) is 0 Å². The highest BCUT2D eigenvalue weighted by atomic mass is 16.6. The Bertz CT molecular complexity index is 546. The predicted molar refractivity (Wildman–Crippen MR) is 63.3 cm³/mol. The summed E-state index contributed by atoms with van der Waals surface area (Å²) in [5.41, 5.74) is -0.0655. The first-order chi connectivity index (χ1) is 8.54. The standard InChI is InChI=1S/C11H10N4O3/c1-8(16)13-4-2-3-9-5-11(15(17)18)10(6-12)14-7-9/h2-3,5,7H,4H2,1H3,(H,13,16). The van der Waals surface area contributed by atoms with Crippen LogP contribution in [0.25, 0.3) is 6.08 Å². The van der Waals surface area contributed by atoms with Crippen LogP contribution in [0.3, 0.4) is 0 Å². The fourth-order valence-electron chi connectivity index (χ4n) is 1.18. The van der Waals surface area contributed by atoms with Gasteiger partial charge in [0.15, 0.2) is 0 Å². The van der Waals surface area contributed by atoms with E-state index in [2.05, 4.69) is 10.3 Å². The van der Waals surface area contributed by atoms with Crippen LogP contribution < -0.4 is 5.32 Å². The summed E-state index contributed by atoms with van der Waals surface area (Å²) in [4.78, 5) is 24.3. The number of nitriles is 1. The maximum Gasteiger partial charge on any atom is 0.306 e. The number of carbonyl (C=O) groups excluding carboxylic acids is 1. The lowest BCUT2D eigenvalue weighted by molar-refractivity contribution is -0.385. The first-order valence-corrected chi connectivity index (χ1v) is 5.00. The van der Waals surface area contributed by atoms with E-state index in [1.807, 2.05) is 0 Å². The Morgan fingerprint density at radius 1 is 1.72 bits per heavy atom. The molecule has 0 atom stereocenters. The second-order valence-electron chi connectivity index (χ2n) is 3.34. The number of carbonyl (C=O) groups is 1. The second kappa shape index (κ2) is 6.10. The van der Waals surface area contributed by atoms with Gasteiger partial charge in [0.25, 0.3) is 0 Å². The maximum atomic E-state index is 10.7. The van der Waals surface area contributed by atoms with Crippen molar-refractivity contribution in [2.75, 3.05) is 6.54 Å². The van der Waals surface area contributed by atoms with Gasteiger partial charge >= 0.3 is 5.69 Å². The van der Waals surface area contributed by atoms with Gasteiger partial charge in [0.05, 0.1) is 4.92 Å². The summed E-state index contributed by atoms with van der Waals surface area (Å²) >= 11 is 0. The van der Waals surface area contributed by atoms with Crippen LogP contribution in [-0.4, -0.2) is 22.4 Å². The quantitative estimate of drug-likeness (QED) is 0.629. The van der Waals surface area contributed by atoms with Gasteiger partial charge in [0, 0.05) is 25.7 Å². The molecule has 0 spiro atoms. The average molecular weight is 246 g/mol. The molecular formula is C11H10N4O3. The van der Waals surface area contributed by atoms with Crippen LogP contribution in [0, 0.1) is 21.4 Å². The zero-order valence-electron chi connectivity index (χ0n) is 9.58. The van der Waals surface area contributed by atoms with E-state index in [0.29, 0.717) is 12.1 Å². The molecule has 0 fully saturated rings. The maximum absolute atomic E-state index is 10.7. The van der Waals surface area contributed by atoms with Crippen molar-refractivity contribution in [2.24, 2.45) is 0 Å². The van der Waals surface area contributed by atoms with Gasteiger partial charge in [-0.3, -0.25) is 14.9 Å². The van der Waals surface area contributed by atoms with Crippen molar-refractivity contribution in [1.29, 1.82) is 5.26 Å². The van der Waals surface area contributed by atoms with Crippen molar-refractivity contribution in [3.05, 3.63) is 39.7 Å². The van der Waals surface area contributed by atoms with Crippen LogP contribution >= 0.6 is 0 Å². The van der Waals surface area contributed by atoms with E-state index < -0.39 is 4.92 Å². The Hall–Kier alpha value is -2.75. The molecule has 0 saturated heterocycles. The molecule has 0 bridgehead atoms. The number of hydrogen-bond donors (Lipinski definition) is 1. The van der Waals surface area contributed by atoms with Gasteiger partial charge in [-0.25, -0.2) is 4.98 Å². The number of nitrogens with zero attached hydrogens (tertiary/aromatic N) is 3. The van der Waals surface area contributed by atoms with Crippen molar-refractivity contribution in [3.63, 3.8) is 0 Å². The highest BCUT2D eigenvalue weighted by Crippen LogP contribution is 2.17. The van der Waals surface area contributed by atoms with Crippen molar-refractivity contribution in [1.82, 2.24) is 10.3 Å². The Labute approximate surface area is 103 Å². The normalized spacial score (nSPS) is 10.0. The topological polar surface area (TPSA) is 109 Å². The number of hydrogen-bond acceptors (Lipinski definition) is 5. The van der Waals surface area contributed by atoms with E-state index in [1.54, 1.807) is 18.2 Å². The number of amides is 1. The van der Waals surface area contributed by atoms with Crippen LogP contribution in [0.5, 0.6) is 0 Å². The van der Waals surface area contributed by atoms with E-state index in [9.17, 15) is 14.9 Å². The lowest BCUT2D eigenvalue weighted by Crippen LogP contribution is -2.19. The summed E-state index contributed by atoms with van der Waals surface area (Å²) in [6, 6.07) is 2.91. The second-order valence-corrected chi connectivity index (χ2v) is 3.34. The van der Waals surface area contributed by atoms with E-state index in [1.165, 1.54) is 19.2 Å². The number of nitro groups is 1. The molecule has 1 aromatic heterocycles. The molecule has 7 nitrogen and oxygen atoms in total. The minimum Gasteiger partial charge on any atom is -0.353 e. The molecule has 1 aromatic rings. The summed E-state index contributed by atoms with van der Waals surface area (Å²) in [5.74, 6) is -0.163. The number of rotatable bonds is 4.